The maximum absolute atomic E-state index is 14.4. The van der Waals surface area contributed by atoms with Crippen LogP contribution in [-0.2, 0) is 14.3 Å². The van der Waals surface area contributed by atoms with Crippen LogP contribution in [0.2, 0.25) is 5.02 Å². The molecule has 350 valence electrons. The van der Waals surface area contributed by atoms with Gasteiger partial charge in [-0.1, -0.05) is 119 Å². The number of rotatable bonds is 14. The van der Waals surface area contributed by atoms with Crippen LogP contribution in [0.1, 0.15) is 155 Å². The number of nitrogens with zero attached hydrogens (tertiary/aromatic N) is 1. The minimum Gasteiger partial charge on any atom is -0.494 e. The third-order valence-electron chi connectivity index (χ3n) is 11.4. The number of likely N-dealkylation sites (tertiary alicyclic amines) is 1. The van der Waals surface area contributed by atoms with Crippen molar-refractivity contribution in [2.45, 2.75) is 144 Å². The Hall–Kier alpha value is -3.77. The van der Waals surface area contributed by atoms with E-state index in [9.17, 15) is 13.6 Å². The van der Waals surface area contributed by atoms with Crippen LogP contribution in [-0.4, -0.2) is 61.7 Å². The quantitative estimate of drug-likeness (QED) is 0.0636. The van der Waals surface area contributed by atoms with Crippen molar-refractivity contribution in [1.82, 2.24) is 10.2 Å². The molecule has 0 aromatic heterocycles. The monoisotopic (exact) mass is 889 g/mol. The molecule has 2 aromatic rings. The maximum Gasteiger partial charge on any atom is 0.290 e. The number of fused-ring (bicyclic) bond motifs is 1. The van der Waals surface area contributed by atoms with E-state index in [1.165, 1.54) is 110 Å². The molecule has 0 spiro atoms. The lowest BCUT2D eigenvalue weighted by Crippen LogP contribution is -2.46. The van der Waals surface area contributed by atoms with Crippen LogP contribution in [0.15, 0.2) is 65.7 Å². The molecule has 62 heavy (non-hydrogen) atoms. The first-order valence-corrected chi connectivity index (χ1v) is 23.0. The Kier molecular flexibility index (Phi) is 28.2. The third-order valence-corrected chi connectivity index (χ3v) is 11.8. The average Bonchev–Trinajstić information content (AvgIpc) is 3.58. The van der Waals surface area contributed by atoms with Crippen molar-refractivity contribution >= 4 is 30.6 Å². The highest BCUT2D eigenvalue weighted by molar-refractivity contribution is 6.32. The molecule has 9 nitrogen and oxygen atoms in total. The largest absolute Gasteiger partial charge is 0.494 e. The first kappa shape index (κ1) is 56.2. The summed E-state index contributed by atoms with van der Waals surface area (Å²) in [7, 11) is 1.39. The van der Waals surface area contributed by atoms with Gasteiger partial charge in [-0.15, -0.1) is 0 Å². The van der Waals surface area contributed by atoms with E-state index in [-0.39, 0.29) is 17.3 Å². The zero-order chi connectivity index (χ0) is 46.7. The summed E-state index contributed by atoms with van der Waals surface area (Å²) >= 11 is 6.27. The summed E-state index contributed by atoms with van der Waals surface area (Å²) in [6.07, 6.45) is 20.6. The second-order valence-corrected chi connectivity index (χ2v) is 17.3. The Labute approximate surface area is 377 Å². The Balaban J connectivity index is 0.000000535. The summed E-state index contributed by atoms with van der Waals surface area (Å²) in [5, 5.41) is 9.75. The first-order valence-electron chi connectivity index (χ1n) is 22.6. The fraction of sp³-hybridized carbons (Fsp3) is 0.600. The van der Waals surface area contributed by atoms with Gasteiger partial charge in [0.15, 0.2) is 0 Å². The number of carboxylic acid groups (broad SMARTS) is 1. The number of benzene rings is 2. The van der Waals surface area contributed by atoms with E-state index in [1.807, 2.05) is 51.1 Å². The number of carbonyl (C=O) groups excluding carboxylic acids is 1. The molecule has 1 amide bonds. The first-order chi connectivity index (χ1) is 29.6. The molecule has 1 saturated carbocycles. The molecule has 1 aliphatic carbocycles. The lowest BCUT2D eigenvalue weighted by Gasteiger charge is -2.41. The number of carbonyl (C=O) groups is 2. The molecular weight excluding hydrogens is 810 g/mol. The van der Waals surface area contributed by atoms with Crippen LogP contribution >= 0.6 is 11.6 Å². The fourth-order valence-corrected chi connectivity index (χ4v) is 8.50. The maximum atomic E-state index is 14.4. The Morgan fingerprint density at radius 3 is 2.16 bits per heavy atom. The molecule has 3 atom stereocenters. The van der Waals surface area contributed by atoms with Gasteiger partial charge in [0.1, 0.15) is 29.3 Å². The summed E-state index contributed by atoms with van der Waals surface area (Å²) in [5.74, 6) is 2.13. The Bertz CT molecular complexity index is 1650. The molecule has 0 bridgehead atoms. The van der Waals surface area contributed by atoms with Gasteiger partial charge in [-0.05, 0) is 115 Å². The number of halogens is 3. The predicted octanol–water partition coefficient (Wildman–Crippen LogP) is 12.1. The van der Waals surface area contributed by atoms with Crippen molar-refractivity contribution in [3.05, 3.63) is 93.2 Å². The van der Waals surface area contributed by atoms with E-state index in [2.05, 4.69) is 31.0 Å². The minimum absolute atomic E-state index is 0.0339. The number of allylic oxidation sites excluding steroid dienone is 4. The van der Waals surface area contributed by atoms with Crippen molar-refractivity contribution in [2.75, 3.05) is 33.3 Å². The summed E-state index contributed by atoms with van der Waals surface area (Å²) in [6, 6.07) is 10.3. The lowest BCUT2D eigenvalue weighted by atomic mass is 9.79. The van der Waals surface area contributed by atoms with Crippen LogP contribution in [0.25, 0.3) is 6.08 Å². The van der Waals surface area contributed by atoms with Crippen LogP contribution in [0.3, 0.4) is 0 Å². The highest BCUT2D eigenvalue weighted by Crippen LogP contribution is 2.48. The molecule has 2 aromatic carbocycles. The van der Waals surface area contributed by atoms with Crippen LogP contribution < -0.4 is 21.5 Å². The van der Waals surface area contributed by atoms with Gasteiger partial charge >= 0.3 is 0 Å². The number of piperidine rings is 1. The number of nitrogens with two attached hydrogens (primary N) is 2. The molecule has 3 aliphatic rings. The molecule has 5 rings (SSSR count). The number of hydrogen-bond acceptors (Lipinski definition) is 7. The van der Waals surface area contributed by atoms with Crippen LogP contribution in [0.4, 0.5) is 8.78 Å². The summed E-state index contributed by atoms with van der Waals surface area (Å²) in [5.41, 5.74) is 14.3. The van der Waals surface area contributed by atoms with Crippen molar-refractivity contribution in [3.63, 3.8) is 0 Å². The average molecular weight is 890 g/mol. The van der Waals surface area contributed by atoms with Gasteiger partial charge in [-0.3, -0.25) is 14.5 Å². The second-order valence-electron chi connectivity index (χ2n) is 17.0. The summed E-state index contributed by atoms with van der Waals surface area (Å²) in [4.78, 5) is 21.6. The fourth-order valence-electron chi connectivity index (χ4n) is 8.29. The number of ether oxygens (including phenoxy) is 2. The van der Waals surface area contributed by atoms with Gasteiger partial charge in [0.2, 0.25) is 6.41 Å². The lowest BCUT2D eigenvalue weighted by molar-refractivity contribution is -0.122. The predicted molar refractivity (Wildman–Crippen MR) is 253 cm³/mol. The topological polar surface area (TPSA) is 140 Å². The number of methoxy groups -OCH3 is 1. The normalized spacial score (nSPS) is 19.0. The SMILES string of the molecule is CC.CC(C)(C)N1CCC(CC(CCNC=O)CCC2CCCCC2)CC1.CCN.COC(/C=C\C(C)=C\c1c(Cl)c(F)cc2c1[C@H](N)C(c1ccccc1)O2)=C(/C)F.O=CO. The zero-order valence-electron chi connectivity index (χ0n) is 39.2. The third kappa shape index (κ3) is 19.7. The molecule has 2 heterocycles. The van der Waals surface area contributed by atoms with E-state index in [0.717, 1.165) is 42.8 Å². The smallest absolute Gasteiger partial charge is 0.290 e. The Morgan fingerprint density at radius 1 is 1.03 bits per heavy atom. The molecule has 2 unspecified atom stereocenters. The van der Waals surface area contributed by atoms with E-state index in [4.69, 9.17) is 42.4 Å². The van der Waals surface area contributed by atoms with Gasteiger partial charge in [-0.25, -0.2) is 8.78 Å². The van der Waals surface area contributed by atoms with Crippen molar-refractivity contribution in [2.24, 2.45) is 29.2 Å². The zero-order valence-corrected chi connectivity index (χ0v) is 39.9. The van der Waals surface area contributed by atoms with Crippen LogP contribution in [0.5, 0.6) is 5.75 Å². The molecule has 12 heteroatoms. The van der Waals surface area contributed by atoms with E-state index in [0.29, 0.717) is 28.0 Å². The summed E-state index contributed by atoms with van der Waals surface area (Å²) < 4.78 is 38.8. The molecule has 2 aliphatic heterocycles. The van der Waals surface area contributed by atoms with E-state index in [1.54, 1.807) is 19.1 Å². The molecular formula is C50H79ClF2N4O5. The van der Waals surface area contributed by atoms with Gasteiger partial charge in [0, 0.05) is 29.3 Å². The molecule has 6 N–H and O–H groups in total. The minimum atomic E-state index is -0.591. The number of hydrogen-bond donors (Lipinski definition) is 4. The summed E-state index contributed by atoms with van der Waals surface area (Å²) in [6.45, 7) is 19.9. The van der Waals surface area contributed by atoms with Gasteiger partial charge in [0.05, 0.1) is 18.2 Å². The Morgan fingerprint density at radius 2 is 1.63 bits per heavy atom. The van der Waals surface area contributed by atoms with Crippen molar-refractivity contribution < 1.29 is 33.0 Å². The molecule has 0 radical (unpaired) electrons. The highest BCUT2D eigenvalue weighted by atomic mass is 35.5. The standard InChI is InChI=1S/C23H22ClF2NO2.C22H42N2O.C2H7N.C2H6.CH2O2/c1-13(9-10-18(28-3)14(2)25)11-16-20-19(12-17(26)21(16)24)29-23(22(20)27)15-7-5-4-6-8-15;1-22(2,3)24-15-12-21(13-16-24)17-20(11-14-23-18-25)10-9-19-7-5-4-6-8-19;1-2-3;1-2;2-1-3/h4-12,22-23H,27H2,1-3H3;18-21H,4-17H2,1-3H3,(H,23,25);2-3H2,1H3;1-2H3;1H,(H,2,3)/b10-9-,13-11+,18-14-;;;;/t22-,23?;;;;/m0..../s1. The second kappa shape index (κ2) is 31.1. The van der Waals surface area contributed by atoms with Gasteiger partial charge < -0.3 is 31.4 Å². The van der Waals surface area contributed by atoms with E-state index >= 15 is 0 Å². The van der Waals surface area contributed by atoms with Crippen LogP contribution in [0, 0.1) is 23.6 Å². The van der Waals surface area contributed by atoms with Gasteiger partial charge in [-0.2, -0.15) is 0 Å². The molecule has 1 saturated heterocycles. The number of nitrogens with one attached hydrogen (secondary N) is 1. The van der Waals surface area contributed by atoms with E-state index < -0.39 is 23.8 Å². The highest BCUT2D eigenvalue weighted by Gasteiger charge is 2.36. The van der Waals surface area contributed by atoms with Crippen molar-refractivity contribution in [3.8, 4) is 5.75 Å². The molecule has 2 fully saturated rings. The number of amides is 1. The van der Waals surface area contributed by atoms with Gasteiger partial charge in [0.25, 0.3) is 6.47 Å². The van der Waals surface area contributed by atoms with Crippen molar-refractivity contribution in [1.29, 1.82) is 0 Å².